The van der Waals surface area contributed by atoms with Crippen molar-refractivity contribution in [2.45, 2.75) is 19.9 Å². The summed E-state index contributed by atoms with van der Waals surface area (Å²) < 4.78 is 4.82. The lowest BCUT2D eigenvalue weighted by atomic mass is 10.1. The van der Waals surface area contributed by atoms with Crippen LogP contribution in [0.15, 0.2) is 18.2 Å². The summed E-state index contributed by atoms with van der Waals surface area (Å²) in [5.74, 6) is -0.272. The highest BCUT2D eigenvalue weighted by Crippen LogP contribution is 2.21. The molecule has 0 bridgehead atoms. The lowest BCUT2D eigenvalue weighted by Gasteiger charge is -2.13. The maximum absolute atomic E-state index is 12.0. The summed E-state index contributed by atoms with van der Waals surface area (Å²) in [7, 11) is 1.47. The molecule has 0 fully saturated rings. The fourth-order valence-electron chi connectivity index (χ4n) is 1.66. The minimum absolute atomic E-state index is 0.120. The summed E-state index contributed by atoms with van der Waals surface area (Å²) in [6, 6.07) is 3.92. The molecule has 22 heavy (non-hydrogen) atoms. The first-order valence-corrected chi connectivity index (χ1v) is 7.36. The number of anilines is 1. The molecule has 1 aromatic rings. The topological polar surface area (TPSA) is 93.4 Å². The SMILES string of the molecule is COCC(N)C(=O)Nc1ccc(C(=O)NCC(C)C)c(Cl)c1. The van der Waals surface area contributed by atoms with Crippen LogP contribution in [-0.4, -0.2) is 38.1 Å². The molecule has 0 aliphatic heterocycles. The highest BCUT2D eigenvalue weighted by molar-refractivity contribution is 6.34. The van der Waals surface area contributed by atoms with E-state index in [-0.39, 0.29) is 23.4 Å². The van der Waals surface area contributed by atoms with Crippen LogP contribution in [0.5, 0.6) is 0 Å². The molecule has 0 saturated carbocycles. The first-order chi connectivity index (χ1) is 10.3. The van der Waals surface area contributed by atoms with E-state index >= 15 is 0 Å². The van der Waals surface area contributed by atoms with Crippen molar-refractivity contribution in [2.75, 3.05) is 25.6 Å². The monoisotopic (exact) mass is 327 g/mol. The molecule has 6 nitrogen and oxygen atoms in total. The molecule has 1 rings (SSSR count). The third-order valence-corrected chi connectivity index (χ3v) is 3.15. The first-order valence-electron chi connectivity index (χ1n) is 6.98. The molecule has 7 heteroatoms. The van der Waals surface area contributed by atoms with Crippen LogP contribution in [-0.2, 0) is 9.53 Å². The molecule has 1 aromatic carbocycles. The second-order valence-electron chi connectivity index (χ2n) is 5.35. The van der Waals surface area contributed by atoms with Gasteiger partial charge in [-0.1, -0.05) is 25.4 Å². The zero-order chi connectivity index (χ0) is 16.7. The summed E-state index contributed by atoms with van der Waals surface area (Å²) in [6.07, 6.45) is 0. The number of nitrogens with one attached hydrogen (secondary N) is 2. The van der Waals surface area contributed by atoms with Crippen LogP contribution in [0.4, 0.5) is 5.69 Å². The van der Waals surface area contributed by atoms with Gasteiger partial charge in [0, 0.05) is 19.3 Å². The number of amides is 2. The number of rotatable bonds is 7. The van der Waals surface area contributed by atoms with Gasteiger partial charge < -0.3 is 21.1 Å². The van der Waals surface area contributed by atoms with Gasteiger partial charge in [-0.25, -0.2) is 0 Å². The van der Waals surface area contributed by atoms with Crippen LogP contribution in [0, 0.1) is 5.92 Å². The van der Waals surface area contributed by atoms with Crippen molar-refractivity contribution in [1.29, 1.82) is 0 Å². The molecule has 1 unspecified atom stereocenters. The number of ether oxygens (including phenoxy) is 1. The molecule has 0 radical (unpaired) electrons. The highest BCUT2D eigenvalue weighted by Gasteiger charge is 2.15. The van der Waals surface area contributed by atoms with Crippen molar-refractivity contribution in [2.24, 2.45) is 11.7 Å². The van der Waals surface area contributed by atoms with Gasteiger partial charge in [0.1, 0.15) is 6.04 Å². The Kier molecular flexibility index (Phi) is 7.31. The third-order valence-electron chi connectivity index (χ3n) is 2.84. The van der Waals surface area contributed by atoms with Gasteiger partial charge in [-0.3, -0.25) is 9.59 Å². The van der Waals surface area contributed by atoms with Crippen molar-refractivity contribution in [3.05, 3.63) is 28.8 Å². The molecule has 0 saturated heterocycles. The van der Waals surface area contributed by atoms with E-state index in [2.05, 4.69) is 10.6 Å². The van der Waals surface area contributed by atoms with E-state index in [1.54, 1.807) is 12.1 Å². The molecule has 0 spiro atoms. The fraction of sp³-hybridized carbons (Fsp3) is 0.467. The minimum atomic E-state index is -0.766. The average molecular weight is 328 g/mol. The zero-order valence-electron chi connectivity index (χ0n) is 13.0. The lowest BCUT2D eigenvalue weighted by molar-refractivity contribution is -0.118. The van der Waals surface area contributed by atoms with E-state index < -0.39 is 6.04 Å². The van der Waals surface area contributed by atoms with Crippen molar-refractivity contribution in [1.82, 2.24) is 5.32 Å². The molecule has 4 N–H and O–H groups in total. The number of carbonyl (C=O) groups is 2. The van der Waals surface area contributed by atoms with E-state index in [1.165, 1.54) is 13.2 Å². The normalized spacial score (nSPS) is 12.1. The van der Waals surface area contributed by atoms with Crippen LogP contribution in [0.3, 0.4) is 0 Å². The standard InChI is InChI=1S/C15H22ClN3O3/c1-9(2)7-18-14(20)11-5-4-10(6-12(11)16)19-15(21)13(17)8-22-3/h4-6,9,13H,7-8,17H2,1-3H3,(H,18,20)(H,19,21). The molecule has 0 aliphatic carbocycles. The summed E-state index contributed by atoms with van der Waals surface area (Å²) in [6.45, 7) is 4.70. The van der Waals surface area contributed by atoms with Gasteiger partial charge in [0.15, 0.2) is 0 Å². The Bertz CT molecular complexity index is 535. The van der Waals surface area contributed by atoms with Gasteiger partial charge in [0.2, 0.25) is 5.91 Å². The van der Waals surface area contributed by atoms with Crippen molar-refractivity contribution >= 4 is 29.1 Å². The number of carbonyl (C=O) groups excluding carboxylic acids is 2. The number of methoxy groups -OCH3 is 1. The lowest BCUT2D eigenvalue weighted by Crippen LogP contribution is -2.39. The van der Waals surface area contributed by atoms with Crippen LogP contribution in [0.2, 0.25) is 5.02 Å². The number of hydrogen-bond acceptors (Lipinski definition) is 4. The Labute approximate surface area is 135 Å². The number of hydrogen-bond donors (Lipinski definition) is 3. The smallest absolute Gasteiger partial charge is 0.252 e. The van der Waals surface area contributed by atoms with Gasteiger partial charge in [0.05, 0.1) is 17.2 Å². The van der Waals surface area contributed by atoms with Gasteiger partial charge in [0.25, 0.3) is 5.91 Å². The Morgan fingerprint density at radius 3 is 2.59 bits per heavy atom. The third kappa shape index (κ3) is 5.63. The number of benzene rings is 1. The van der Waals surface area contributed by atoms with Gasteiger partial charge in [-0.05, 0) is 24.1 Å². The van der Waals surface area contributed by atoms with Gasteiger partial charge in [-0.15, -0.1) is 0 Å². The van der Waals surface area contributed by atoms with Crippen LogP contribution in [0.1, 0.15) is 24.2 Å². The van der Waals surface area contributed by atoms with E-state index in [1.807, 2.05) is 13.8 Å². The Morgan fingerprint density at radius 1 is 1.36 bits per heavy atom. The quantitative estimate of drug-likeness (QED) is 0.709. The largest absolute Gasteiger partial charge is 0.383 e. The molecular weight excluding hydrogens is 306 g/mol. The second-order valence-corrected chi connectivity index (χ2v) is 5.76. The summed E-state index contributed by atoms with van der Waals surface area (Å²) >= 11 is 6.10. The van der Waals surface area contributed by atoms with Crippen LogP contribution in [0.25, 0.3) is 0 Å². The van der Waals surface area contributed by atoms with Gasteiger partial charge in [-0.2, -0.15) is 0 Å². The average Bonchev–Trinajstić information content (AvgIpc) is 2.45. The second kappa shape index (κ2) is 8.73. The molecule has 0 heterocycles. The molecule has 2 amide bonds. The summed E-state index contributed by atoms with van der Waals surface area (Å²) in [5, 5.41) is 5.67. The first kappa shape index (κ1) is 18.4. The molecule has 0 aliphatic rings. The van der Waals surface area contributed by atoms with Crippen molar-refractivity contribution in [3.8, 4) is 0 Å². The Morgan fingerprint density at radius 2 is 2.05 bits per heavy atom. The fourth-order valence-corrected chi connectivity index (χ4v) is 1.93. The predicted molar refractivity (Wildman–Crippen MR) is 87.1 cm³/mol. The minimum Gasteiger partial charge on any atom is -0.383 e. The van der Waals surface area contributed by atoms with E-state index in [0.717, 1.165) is 0 Å². The maximum Gasteiger partial charge on any atom is 0.252 e. The molecular formula is C15H22ClN3O3. The van der Waals surface area contributed by atoms with Crippen molar-refractivity contribution < 1.29 is 14.3 Å². The Balaban J connectivity index is 2.73. The summed E-state index contributed by atoms with van der Waals surface area (Å²) in [5.41, 5.74) is 6.46. The van der Waals surface area contributed by atoms with Crippen LogP contribution < -0.4 is 16.4 Å². The number of halogens is 1. The van der Waals surface area contributed by atoms with Crippen molar-refractivity contribution in [3.63, 3.8) is 0 Å². The number of nitrogens with two attached hydrogens (primary N) is 1. The molecule has 122 valence electrons. The molecule has 0 aromatic heterocycles. The zero-order valence-corrected chi connectivity index (χ0v) is 13.7. The molecule has 1 atom stereocenters. The highest BCUT2D eigenvalue weighted by atomic mass is 35.5. The van der Waals surface area contributed by atoms with E-state index in [9.17, 15) is 9.59 Å². The van der Waals surface area contributed by atoms with E-state index in [4.69, 9.17) is 22.1 Å². The van der Waals surface area contributed by atoms with Crippen LogP contribution >= 0.6 is 11.6 Å². The maximum atomic E-state index is 12.0. The summed E-state index contributed by atoms with van der Waals surface area (Å²) in [4.78, 5) is 23.7. The Hall–Kier alpha value is -1.63. The van der Waals surface area contributed by atoms with E-state index in [0.29, 0.717) is 23.7 Å². The van der Waals surface area contributed by atoms with Gasteiger partial charge >= 0.3 is 0 Å². The predicted octanol–water partition coefficient (Wildman–Crippen LogP) is 1.64.